The highest BCUT2D eigenvalue weighted by atomic mass is 19.3. The van der Waals surface area contributed by atoms with E-state index in [0.717, 1.165) is 0 Å². The van der Waals surface area contributed by atoms with Gasteiger partial charge in [0.15, 0.2) is 11.5 Å². The molecule has 110 valence electrons. The Morgan fingerprint density at radius 2 is 2.00 bits per heavy atom. The number of nitro groups is 1. The van der Waals surface area contributed by atoms with Crippen molar-refractivity contribution < 1.29 is 23.2 Å². The van der Waals surface area contributed by atoms with Crippen LogP contribution in [0, 0.1) is 16.0 Å². The van der Waals surface area contributed by atoms with E-state index in [1.54, 1.807) is 13.8 Å². The first kappa shape index (κ1) is 15.9. The van der Waals surface area contributed by atoms with E-state index in [9.17, 15) is 18.9 Å². The lowest BCUT2D eigenvalue weighted by molar-refractivity contribution is -0.431. The average molecular weight is 287 g/mol. The van der Waals surface area contributed by atoms with E-state index < -0.39 is 11.5 Å². The van der Waals surface area contributed by atoms with Crippen LogP contribution in [0.15, 0.2) is 23.9 Å². The SMILES string of the molecule is COc1cc(/C=C(/C(C)C)[N+](=O)[O-])ccc1OC(F)F. The fourth-order valence-corrected chi connectivity index (χ4v) is 1.57. The highest BCUT2D eigenvalue weighted by molar-refractivity contribution is 5.57. The molecule has 0 N–H and O–H groups in total. The van der Waals surface area contributed by atoms with Gasteiger partial charge in [-0.05, 0) is 17.7 Å². The maximum absolute atomic E-state index is 12.2. The lowest BCUT2D eigenvalue weighted by atomic mass is 10.1. The van der Waals surface area contributed by atoms with Gasteiger partial charge in [0.25, 0.3) is 0 Å². The van der Waals surface area contributed by atoms with Crippen molar-refractivity contribution in [2.24, 2.45) is 5.92 Å². The molecule has 0 atom stereocenters. The number of halogens is 2. The zero-order chi connectivity index (χ0) is 15.3. The number of methoxy groups -OCH3 is 1. The average Bonchev–Trinajstić information content (AvgIpc) is 2.35. The Bertz CT molecular complexity index is 515. The fraction of sp³-hybridized carbons (Fsp3) is 0.385. The smallest absolute Gasteiger partial charge is 0.387 e. The summed E-state index contributed by atoms with van der Waals surface area (Å²) in [6.07, 6.45) is 1.37. The van der Waals surface area contributed by atoms with Crippen LogP contribution in [-0.4, -0.2) is 18.6 Å². The van der Waals surface area contributed by atoms with Crippen LogP contribution in [0.4, 0.5) is 8.78 Å². The molecule has 0 amide bonds. The number of ether oxygens (including phenoxy) is 2. The number of hydrogen-bond acceptors (Lipinski definition) is 4. The number of hydrogen-bond donors (Lipinski definition) is 0. The van der Waals surface area contributed by atoms with Gasteiger partial charge in [-0.15, -0.1) is 0 Å². The highest BCUT2D eigenvalue weighted by Crippen LogP contribution is 2.30. The summed E-state index contributed by atoms with van der Waals surface area (Å²) in [6.45, 7) is 0.426. The zero-order valence-electron chi connectivity index (χ0n) is 11.3. The second-order valence-electron chi connectivity index (χ2n) is 4.27. The first-order chi connectivity index (χ1) is 9.35. The summed E-state index contributed by atoms with van der Waals surface area (Å²) in [5, 5.41) is 10.9. The van der Waals surface area contributed by atoms with E-state index in [0.29, 0.717) is 5.56 Å². The molecular weight excluding hydrogens is 272 g/mol. The van der Waals surface area contributed by atoms with E-state index >= 15 is 0 Å². The maximum Gasteiger partial charge on any atom is 0.387 e. The van der Waals surface area contributed by atoms with Gasteiger partial charge in [0, 0.05) is 12.0 Å². The highest BCUT2D eigenvalue weighted by Gasteiger charge is 2.17. The van der Waals surface area contributed by atoms with Gasteiger partial charge in [-0.1, -0.05) is 19.9 Å². The number of alkyl halides is 2. The molecule has 0 heterocycles. The Morgan fingerprint density at radius 1 is 1.35 bits per heavy atom. The predicted molar refractivity (Wildman–Crippen MR) is 69.4 cm³/mol. The molecule has 0 fully saturated rings. The molecule has 1 aromatic rings. The van der Waals surface area contributed by atoms with Gasteiger partial charge in [0.05, 0.1) is 12.0 Å². The summed E-state index contributed by atoms with van der Waals surface area (Å²) < 4.78 is 33.6. The Kier molecular flexibility index (Phi) is 5.42. The fourth-order valence-electron chi connectivity index (χ4n) is 1.57. The molecule has 5 nitrogen and oxygen atoms in total. The molecule has 0 aliphatic carbocycles. The normalized spacial score (nSPS) is 11.8. The predicted octanol–water partition coefficient (Wildman–Crippen LogP) is 3.57. The van der Waals surface area contributed by atoms with Gasteiger partial charge in [0.2, 0.25) is 5.70 Å². The van der Waals surface area contributed by atoms with Crippen LogP contribution in [0.2, 0.25) is 0 Å². The van der Waals surface area contributed by atoms with Gasteiger partial charge in [-0.2, -0.15) is 8.78 Å². The van der Waals surface area contributed by atoms with E-state index in [1.807, 2.05) is 0 Å². The van der Waals surface area contributed by atoms with Gasteiger partial charge in [-0.25, -0.2) is 0 Å². The van der Waals surface area contributed by atoms with E-state index in [-0.39, 0.29) is 23.1 Å². The zero-order valence-corrected chi connectivity index (χ0v) is 11.3. The first-order valence-electron chi connectivity index (χ1n) is 5.84. The minimum absolute atomic E-state index is 0.0228. The minimum Gasteiger partial charge on any atom is -0.493 e. The lowest BCUT2D eigenvalue weighted by Gasteiger charge is -2.10. The molecule has 0 spiro atoms. The quantitative estimate of drug-likeness (QED) is 0.592. The topological polar surface area (TPSA) is 61.6 Å². The second kappa shape index (κ2) is 6.83. The van der Waals surface area contributed by atoms with Gasteiger partial charge in [-0.3, -0.25) is 10.1 Å². The largest absolute Gasteiger partial charge is 0.493 e. The van der Waals surface area contributed by atoms with Crippen LogP contribution < -0.4 is 9.47 Å². The molecule has 0 saturated carbocycles. The molecule has 0 bridgehead atoms. The molecule has 0 unspecified atom stereocenters. The number of nitrogens with zero attached hydrogens (tertiary/aromatic N) is 1. The Balaban J connectivity index is 3.15. The molecule has 0 aliphatic rings. The second-order valence-corrected chi connectivity index (χ2v) is 4.27. The third kappa shape index (κ3) is 4.18. The third-order valence-electron chi connectivity index (χ3n) is 2.52. The molecule has 0 aromatic heterocycles. The maximum atomic E-state index is 12.2. The molecule has 1 aromatic carbocycles. The van der Waals surface area contributed by atoms with Crippen molar-refractivity contribution in [1.29, 1.82) is 0 Å². The number of allylic oxidation sites excluding steroid dienone is 1. The number of benzene rings is 1. The molecule has 20 heavy (non-hydrogen) atoms. The summed E-state index contributed by atoms with van der Waals surface area (Å²) in [5.41, 5.74) is 0.499. The molecule has 7 heteroatoms. The summed E-state index contributed by atoms with van der Waals surface area (Å²) in [5.74, 6) is -0.301. The van der Waals surface area contributed by atoms with Gasteiger partial charge in [0.1, 0.15) is 0 Å². The molecule has 0 saturated heterocycles. The molecule has 1 rings (SSSR count). The van der Waals surface area contributed by atoms with Gasteiger partial charge >= 0.3 is 6.61 Å². The van der Waals surface area contributed by atoms with Crippen molar-refractivity contribution in [2.45, 2.75) is 20.5 Å². The summed E-state index contributed by atoms with van der Waals surface area (Å²) in [4.78, 5) is 10.4. The molecule has 0 aliphatic heterocycles. The van der Waals surface area contributed by atoms with Crippen molar-refractivity contribution in [1.82, 2.24) is 0 Å². The minimum atomic E-state index is -2.96. The van der Waals surface area contributed by atoms with E-state index in [1.165, 1.54) is 31.4 Å². The van der Waals surface area contributed by atoms with Crippen molar-refractivity contribution in [3.05, 3.63) is 39.6 Å². The molecule has 0 radical (unpaired) electrons. The van der Waals surface area contributed by atoms with Crippen molar-refractivity contribution >= 4 is 6.08 Å². The Morgan fingerprint density at radius 3 is 2.45 bits per heavy atom. The van der Waals surface area contributed by atoms with Crippen molar-refractivity contribution in [3.8, 4) is 11.5 Å². The van der Waals surface area contributed by atoms with Gasteiger partial charge < -0.3 is 9.47 Å². The van der Waals surface area contributed by atoms with Crippen LogP contribution in [-0.2, 0) is 0 Å². The van der Waals surface area contributed by atoms with Crippen molar-refractivity contribution in [3.63, 3.8) is 0 Å². The summed E-state index contributed by atoms with van der Waals surface area (Å²) >= 11 is 0. The Labute approximate surface area is 115 Å². The monoisotopic (exact) mass is 287 g/mol. The Hall–Kier alpha value is -2.18. The van der Waals surface area contributed by atoms with Crippen molar-refractivity contribution in [2.75, 3.05) is 7.11 Å². The third-order valence-corrected chi connectivity index (χ3v) is 2.52. The summed E-state index contributed by atoms with van der Waals surface area (Å²) in [7, 11) is 1.30. The number of rotatable bonds is 6. The van der Waals surface area contributed by atoms with E-state index in [4.69, 9.17) is 4.74 Å². The van der Waals surface area contributed by atoms with Crippen LogP contribution in [0.5, 0.6) is 11.5 Å². The lowest BCUT2D eigenvalue weighted by Crippen LogP contribution is -2.06. The summed E-state index contributed by atoms with van der Waals surface area (Å²) in [6, 6.07) is 4.14. The first-order valence-corrected chi connectivity index (χ1v) is 5.84. The van der Waals surface area contributed by atoms with E-state index in [2.05, 4.69) is 4.74 Å². The standard InChI is InChI=1S/C13H15F2NO4/c1-8(2)10(16(17)18)6-9-4-5-11(20-13(14)15)12(7-9)19-3/h4-8,13H,1-3H3/b10-6-. The van der Waals surface area contributed by atoms with Crippen LogP contribution in [0.3, 0.4) is 0 Å². The molecular formula is C13H15F2NO4. The van der Waals surface area contributed by atoms with Crippen LogP contribution in [0.1, 0.15) is 19.4 Å². The van der Waals surface area contributed by atoms with Crippen LogP contribution in [0.25, 0.3) is 6.08 Å². The van der Waals surface area contributed by atoms with Crippen LogP contribution >= 0.6 is 0 Å².